The van der Waals surface area contributed by atoms with E-state index in [2.05, 4.69) is 5.32 Å². The topological polar surface area (TPSA) is 75.6 Å². The van der Waals surface area contributed by atoms with Crippen molar-refractivity contribution in [3.05, 3.63) is 29.8 Å². The van der Waals surface area contributed by atoms with Crippen LogP contribution in [0.25, 0.3) is 0 Å². The maximum Gasteiger partial charge on any atom is 0.326 e. The fourth-order valence-electron chi connectivity index (χ4n) is 1.94. The highest BCUT2D eigenvalue weighted by atomic mass is 16.5. The van der Waals surface area contributed by atoms with Gasteiger partial charge in [-0.3, -0.25) is 4.79 Å². The smallest absolute Gasteiger partial charge is 0.326 e. The van der Waals surface area contributed by atoms with Crippen molar-refractivity contribution < 1.29 is 19.4 Å². The zero-order chi connectivity index (χ0) is 15.8. The molecule has 0 bridgehead atoms. The lowest BCUT2D eigenvalue weighted by Gasteiger charge is -2.17. The van der Waals surface area contributed by atoms with E-state index in [0.29, 0.717) is 13.0 Å². The molecule has 1 atom stereocenters. The Bertz CT molecular complexity index is 468. The van der Waals surface area contributed by atoms with Gasteiger partial charge in [0.25, 0.3) is 0 Å². The molecular formula is C16H23NO4. The van der Waals surface area contributed by atoms with Crippen molar-refractivity contribution in [1.82, 2.24) is 5.32 Å². The number of aryl methyl sites for hydroxylation is 1. The third-order valence-electron chi connectivity index (χ3n) is 3.12. The van der Waals surface area contributed by atoms with E-state index in [9.17, 15) is 9.59 Å². The SMILES string of the molecule is CCOc1ccc(CCC(=O)N[C@H](C(=O)O)C(C)C)cc1. The number of carbonyl (C=O) groups is 2. The van der Waals surface area contributed by atoms with E-state index in [4.69, 9.17) is 9.84 Å². The number of amides is 1. The molecule has 21 heavy (non-hydrogen) atoms. The summed E-state index contributed by atoms with van der Waals surface area (Å²) in [7, 11) is 0. The Morgan fingerprint density at radius 2 is 1.86 bits per heavy atom. The summed E-state index contributed by atoms with van der Waals surface area (Å²) in [6.45, 7) is 6.08. The summed E-state index contributed by atoms with van der Waals surface area (Å²) in [5, 5.41) is 11.6. The Morgan fingerprint density at radius 1 is 1.24 bits per heavy atom. The van der Waals surface area contributed by atoms with Gasteiger partial charge in [0.2, 0.25) is 5.91 Å². The van der Waals surface area contributed by atoms with E-state index in [1.807, 2.05) is 31.2 Å². The first kappa shape index (κ1) is 17.0. The lowest BCUT2D eigenvalue weighted by atomic mass is 10.0. The summed E-state index contributed by atoms with van der Waals surface area (Å²) < 4.78 is 5.35. The first-order valence-corrected chi connectivity index (χ1v) is 7.18. The van der Waals surface area contributed by atoms with Crippen LogP contribution in [0.1, 0.15) is 32.8 Å². The molecule has 0 heterocycles. The van der Waals surface area contributed by atoms with Crippen LogP contribution in [0.5, 0.6) is 5.75 Å². The van der Waals surface area contributed by atoms with Gasteiger partial charge < -0.3 is 15.2 Å². The van der Waals surface area contributed by atoms with Crippen LogP contribution in [0.2, 0.25) is 0 Å². The van der Waals surface area contributed by atoms with Crippen LogP contribution in [-0.2, 0) is 16.0 Å². The third kappa shape index (κ3) is 5.85. The molecule has 0 aromatic heterocycles. The molecule has 0 fully saturated rings. The zero-order valence-corrected chi connectivity index (χ0v) is 12.8. The van der Waals surface area contributed by atoms with Crippen LogP contribution < -0.4 is 10.1 Å². The summed E-state index contributed by atoms with van der Waals surface area (Å²) in [5.74, 6) is -0.585. The van der Waals surface area contributed by atoms with Gasteiger partial charge in [-0.05, 0) is 37.0 Å². The Balaban J connectivity index is 2.47. The van der Waals surface area contributed by atoms with Crippen LogP contribution >= 0.6 is 0 Å². The van der Waals surface area contributed by atoms with Crippen molar-refractivity contribution >= 4 is 11.9 Å². The Hall–Kier alpha value is -2.04. The molecule has 1 aromatic rings. The van der Waals surface area contributed by atoms with E-state index in [0.717, 1.165) is 11.3 Å². The van der Waals surface area contributed by atoms with Crippen molar-refractivity contribution in [2.24, 2.45) is 5.92 Å². The largest absolute Gasteiger partial charge is 0.494 e. The number of carbonyl (C=O) groups excluding carboxylic acids is 1. The van der Waals surface area contributed by atoms with Gasteiger partial charge in [-0.15, -0.1) is 0 Å². The predicted molar refractivity (Wildman–Crippen MR) is 80.3 cm³/mol. The monoisotopic (exact) mass is 293 g/mol. The highest BCUT2D eigenvalue weighted by molar-refractivity contribution is 5.83. The molecule has 0 spiro atoms. The van der Waals surface area contributed by atoms with Crippen LogP contribution in [0, 0.1) is 5.92 Å². The first-order valence-electron chi connectivity index (χ1n) is 7.18. The Kier molecular flexibility index (Phi) is 6.72. The summed E-state index contributed by atoms with van der Waals surface area (Å²) in [5.41, 5.74) is 1.02. The number of carboxylic acids is 1. The number of nitrogens with one attached hydrogen (secondary N) is 1. The molecule has 116 valence electrons. The van der Waals surface area contributed by atoms with E-state index in [1.54, 1.807) is 13.8 Å². The second kappa shape index (κ2) is 8.29. The molecule has 0 unspecified atom stereocenters. The van der Waals surface area contributed by atoms with Crippen molar-refractivity contribution in [2.75, 3.05) is 6.61 Å². The fraction of sp³-hybridized carbons (Fsp3) is 0.500. The number of rotatable bonds is 8. The molecule has 5 nitrogen and oxygen atoms in total. The van der Waals surface area contributed by atoms with E-state index < -0.39 is 12.0 Å². The van der Waals surface area contributed by atoms with Gasteiger partial charge in [0.1, 0.15) is 11.8 Å². The number of hydrogen-bond acceptors (Lipinski definition) is 3. The van der Waals surface area contributed by atoms with Gasteiger partial charge in [-0.2, -0.15) is 0 Å². The normalized spacial score (nSPS) is 12.0. The van der Waals surface area contributed by atoms with Gasteiger partial charge in [0.05, 0.1) is 6.61 Å². The van der Waals surface area contributed by atoms with E-state index in [1.165, 1.54) is 0 Å². The van der Waals surface area contributed by atoms with E-state index >= 15 is 0 Å². The average molecular weight is 293 g/mol. The molecular weight excluding hydrogens is 270 g/mol. The van der Waals surface area contributed by atoms with Gasteiger partial charge in [-0.25, -0.2) is 4.79 Å². The molecule has 1 aromatic carbocycles. The summed E-state index contributed by atoms with van der Waals surface area (Å²) in [6, 6.07) is 6.72. The van der Waals surface area contributed by atoms with Crippen LogP contribution in [-0.4, -0.2) is 29.6 Å². The molecule has 0 aliphatic rings. The highest BCUT2D eigenvalue weighted by Crippen LogP contribution is 2.13. The molecule has 0 radical (unpaired) electrons. The fourth-order valence-corrected chi connectivity index (χ4v) is 1.94. The van der Waals surface area contributed by atoms with Crippen molar-refractivity contribution in [3.63, 3.8) is 0 Å². The van der Waals surface area contributed by atoms with Crippen LogP contribution in [0.3, 0.4) is 0 Å². The van der Waals surface area contributed by atoms with Gasteiger partial charge in [-0.1, -0.05) is 26.0 Å². The zero-order valence-electron chi connectivity index (χ0n) is 12.8. The maximum absolute atomic E-state index is 11.8. The van der Waals surface area contributed by atoms with Crippen molar-refractivity contribution in [2.45, 2.75) is 39.7 Å². The van der Waals surface area contributed by atoms with Gasteiger partial charge in [0.15, 0.2) is 0 Å². The van der Waals surface area contributed by atoms with Gasteiger partial charge >= 0.3 is 5.97 Å². The lowest BCUT2D eigenvalue weighted by Crippen LogP contribution is -2.44. The highest BCUT2D eigenvalue weighted by Gasteiger charge is 2.22. The van der Waals surface area contributed by atoms with Crippen LogP contribution in [0.15, 0.2) is 24.3 Å². The maximum atomic E-state index is 11.8. The summed E-state index contributed by atoms with van der Waals surface area (Å²) in [4.78, 5) is 22.8. The molecule has 0 aliphatic carbocycles. The third-order valence-corrected chi connectivity index (χ3v) is 3.12. The summed E-state index contributed by atoms with van der Waals surface area (Å²) >= 11 is 0. The average Bonchev–Trinajstić information content (AvgIpc) is 2.43. The number of aliphatic carboxylic acids is 1. The van der Waals surface area contributed by atoms with Crippen molar-refractivity contribution in [1.29, 1.82) is 0 Å². The number of benzene rings is 1. The number of carboxylic acid groups (broad SMARTS) is 1. The van der Waals surface area contributed by atoms with Crippen molar-refractivity contribution in [3.8, 4) is 5.75 Å². The predicted octanol–water partition coefficient (Wildman–Crippen LogP) is 2.24. The molecule has 2 N–H and O–H groups in total. The molecule has 0 aliphatic heterocycles. The Labute approximate surface area is 125 Å². The summed E-state index contributed by atoms with van der Waals surface area (Å²) in [6.07, 6.45) is 0.840. The minimum atomic E-state index is -1.00. The first-order chi connectivity index (χ1) is 9.93. The molecule has 0 saturated carbocycles. The number of ether oxygens (including phenoxy) is 1. The van der Waals surface area contributed by atoms with Gasteiger partial charge in [0, 0.05) is 6.42 Å². The standard InChI is InChI=1S/C16H23NO4/c1-4-21-13-8-5-12(6-9-13)7-10-14(18)17-15(11(2)3)16(19)20/h5-6,8-9,11,15H,4,7,10H2,1-3H3,(H,17,18)(H,19,20)/t15-/m0/s1. The minimum absolute atomic E-state index is 0.142. The lowest BCUT2D eigenvalue weighted by molar-refractivity contribution is -0.143. The number of hydrogen-bond donors (Lipinski definition) is 2. The van der Waals surface area contributed by atoms with E-state index in [-0.39, 0.29) is 18.2 Å². The molecule has 5 heteroatoms. The molecule has 1 amide bonds. The second-order valence-electron chi connectivity index (χ2n) is 5.20. The van der Waals surface area contributed by atoms with Crippen LogP contribution in [0.4, 0.5) is 0 Å². The second-order valence-corrected chi connectivity index (χ2v) is 5.20. The Morgan fingerprint density at radius 3 is 2.33 bits per heavy atom. The molecule has 1 rings (SSSR count). The minimum Gasteiger partial charge on any atom is -0.494 e. The molecule has 0 saturated heterocycles. The quantitative estimate of drug-likeness (QED) is 0.770.